The summed E-state index contributed by atoms with van der Waals surface area (Å²) in [7, 11) is 0. The minimum atomic E-state index is -0.519. The minimum Gasteiger partial charge on any atom is -0.489 e. The summed E-state index contributed by atoms with van der Waals surface area (Å²) in [6.45, 7) is 8.36. The highest BCUT2D eigenvalue weighted by Crippen LogP contribution is 2.48. The third-order valence-corrected chi connectivity index (χ3v) is 7.35. The maximum Gasteiger partial charge on any atom is 0.257 e. The Labute approximate surface area is 214 Å². The van der Waals surface area contributed by atoms with Gasteiger partial charge in [-0.3, -0.25) is 9.59 Å². The summed E-state index contributed by atoms with van der Waals surface area (Å²) < 4.78 is 6.07. The van der Waals surface area contributed by atoms with Gasteiger partial charge < -0.3 is 15.0 Å². The van der Waals surface area contributed by atoms with Gasteiger partial charge in [-0.25, -0.2) is 4.98 Å². The smallest absolute Gasteiger partial charge is 0.257 e. The first-order valence-electron chi connectivity index (χ1n) is 12.0. The Hall–Kier alpha value is -3.58. The molecule has 1 atom stereocenters. The van der Waals surface area contributed by atoms with Gasteiger partial charge in [0.25, 0.3) is 5.56 Å². The molecule has 2 N–H and O–H groups in total. The predicted octanol–water partition coefficient (Wildman–Crippen LogP) is 5.83. The van der Waals surface area contributed by atoms with Crippen molar-refractivity contribution in [1.82, 2.24) is 9.97 Å². The number of aromatic nitrogens is 2. The molecule has 0 radical (unpaired) electrons. The molecule has 6 nitrogen and oxygen atoms in total. The second-order valence-corrected chi connectivity index (χ2v) is 11.0. The molecule has 0 unspecified atom stereocenters. The Balaban J connectivity index is 1.58. The molecule has 0 amide bonds. The lowest BCUT2D eigenvalue weighted by atomic mass is 9.69. The van der Waals surface area contributed by atoms with Crippen molar-refractivity contribution in [1.29, 1.82) is 0 Å². The number of hydrogen-bond acceptors (Lipinski definition) is 6. The Morgan fingerprint density at radius 2 is 1.94 bits per heavy atom. The number of benzene rings is 2. The molecule has 0 saturated carbocycles. The van der Waals surface area contributed by atoms with Gasteiger partial charge in [0.1, 0.15) is 18.2 Å². The third-order valence-electron chi connectivity index (χ3n) is 6.48. The Morgan fingerprint density at radius 1 is 1.14 bits per heavy atom. The quantitative estimate of drug-likeness (QED) is 0.242. The topological polar surface area (TPSA) is 84.1 Å². The molecular weight excluding hydrogens is 470 g/mol. The number of carbonyl (C=O) groups is 1. The predicted molar refractivity (Wildman–Crippen MR) is 144 cm³/mol. The van der Waals surface area contributed by atoms with Gasteiger partial charge >= 0.3 is 0 Å². The van der Waals surface area contributed by atoms with Gasteiger partial charge in [-0.15, -0.1) is 6.58 Å². The Bertz CT molecular complexity index is 1410. The zero-order chi connectivity index (χ0) is 25.3. The number of nitrogens with one attached hydrogen (secondary N) is 2. The van der Waals surface area contributed by atoms with E-state index >= 15 is 0 Å². The number of nitrogens with zero attached hydrogens (tertiary/aromatic N) is 1. The molecule has 0 saturated heterocycles. The van der Waals surface area contributed by atoms with Crippen molar-refractivity contribution >= 4 is 23.4 Å². The van der Waals surface area contributed by atoms with Crippen LogP contribution in [0.25, 0.3) is 0 Å². The number of Topliss-reactive ketones (excluding diaryl/α,β-unsaturated/α-hetero) is 1. The van der Waals surface area contributed by atoms with Crippen molar-refractivity contribution in [3.8, 4) is 5.75 Å². The molecule has 1 aliphatic heterocycles. The summed E-state index contributed by atoms with van der Waals surface area (Å²) in [6.07, 6.45) is 2.91. The van der Waals surface area contributed by atoms with Crippen LogP contribution in [0.2, 0.25) is 0 Å². The van der Waals surface area contributed by atoms with Crippen LogP contribution in [-0.4, -0.2) is 21.5 Å². The van der Waals surface area contributed by atoms with Crippen molar-refractivity contribution in [3.05, 3.63) is 106 Å². The summed E-state index contributed by atoms with van der Waals surface area (Å²) in [5.41, 5.74) is 3.45. The van der Waals surface area contributed by atoms with Crippen LogP contribution in [0, 0.1) is 5.41 Å². The number of carbonyl (C=O) groups excluding carboxylic acids is 1. The van der Waals surface area contributed by atoms with Crippen LogP contribution in [0.5, 0.6) is 5.75 Å². The molecule has 0 fully saturated rings. The first-order valence-corrected chi connectivity index (χ1v) is 13.0. The van der Waals surface area contributed by atoms with Gasteiger partial charge in [0.05, 0.1) is 5.56 Å². The first kappa shape index (κ1) is 24.1. The zero-order valence-electron chi connectivity index (χ0n) is 20.5. The van der Waals surface area contributed by atoms with Crippen LogP contribution in [0.4, 0.5) is 5.82 Å². The van der Waals surface area contributed by atoms with Crippen LogP contribution in [-0.2, 0) is 11.4 Å². The van der Waals surface area contributed by atoms with Gasteiger partial charge in [0, 0.05) is 29.4 Å². The van der Waals surface area contributed by atoms with Crippen molar-refractivity contribution in [3.63, 3.8) is 0 Å². The highest BCUT2D eigenvalue weighted by Gasteiger charge is 2.42. The minimum absolute atomic E-state index is 0.0597. The summed E-state index contributed by atoms with van der Waals surface area (Å²) in [6, 6.07) is 17.6. The fraction of sp³-hybridized carbons (Fsp3) is 0.276. The van der Waals surface area contributed by atoms with Crippen molar-refractivity contribution in [2.75, 3.05) is 11.1 Å². The highest BCUT2D eigenvalue weighted by atomic mass is 32.2. The molecule has 2 aliphatic rings. The van der Waals surface area contributed by atoms with E-state index in [0.717, 1.165) is 16.8 Å². The monoisotopic (exact) mass is 499 g/mol. The van der Waals surface area contributed by atoms with Crippen LogP contribution in [0.3, 0.4) is 0 Å². The summed E-state index contributed by atoms with van der Waals surface area (Å²) in [4.78, 5) is 34.5. The average Bonchev–Trinajstić information content (AvgIpc) is 2.85. The van der Waals surface area contributed by atoms with Crippen molar-refractivity contribution in [2.45, 2.75) is 44.4 Å². The van der Waals surface area contributed by atoms with Crippen LogP contribution < -0.4 is 15.6 Å². The number of ether oxygens (including phenoxy) is 1. The second kappa shape index (κ2) is 9.82. The highest BCUT2D eigenvalue weighted by molar-refractivity contribution is 7.99. The number of H-pyrrole nitrogens is 1. The zero-order valence-corrected chi connectivity index (χ0v) is 21.3. The lowest BCUT2D eigenvalue weighted by Gasteiger charge is -2.38. The molecular formula is C29H29N3O3S. The molecule has 36 heavy (non-hydrogen) atoms. The SMILES string of the molecule is C=CCSc1nc2c(c(=O)[nH]1)[C@H](c1cccc(OCc3ccccc3)c1)C1=C(CC(C)(C)CC1=O)N2. The largest absolute Gasteiger partial charge is 0.489 e. The van der Waals surface area contributed by atoms with Gasteiger partial charge in [-0.05, 0) is 35.1 Å². The van der Waals surface area contributed by atoms with E-state index in [2.05, 4.69) is 30.7 Å². The van der Waals surface area contributed by atoms with Crippen molar-refractivity contribution < 1.29 is 9.53 Å². The number of rotatable bonds is 7. The fourth-order valence-corrected chi connectivity index (χ4v) is 5.55. The lowest BCUT2D eigenvalue weighted by Crippen LogP contribution is -2.37. The maximum absolute atomic E-state index is 13.5. The second-order valence-electron chi connectivity index (χ2n) is 9.97. The fourth-order valence-electron chi connectivity index (χ4n) is 4.96. The number of allylic oxidation sites excluding steroid dienone is 2. The standard InChI is InChI=1S/C29H29N3O3S/c1-4-13-36-28-31-26-25(27(34)32-28)23(24-21(30-26)15-29(2,3)16-22(24)33)19-11-8-12-20(14-19)35-17-18-9-6-5-7-10-18/h4-12,14,23H,1,13,15-17H2,2-3H3,(H2,30,31,32,34)/t23-/m1/s1. The van der Waals surface area contributed by atoms with Crippen LogP contribution in [0.15, 0.2) is 88.5 Å². The molecule has 0 bridgehead atoms. The van der Waals surface area contributed by atoms with E-state index in [1.54, 1.807) is 6.08 Å². The van der Waals surface area contributed by atoms with Gasteiger partial charge in [0.2, 0.25) is 0 Å². The van der Waals surface area contributed by atoms with Crippen LogP contribution in [0.1, 0.15) is 49.3 Å². The molecule has 3 aromatic rings. The van der Waals surface area contributed by atoms with E-state index in [0.29, 0.717) is 53.1 Å². The van der Waals surface area contributed by atoms with E-state index in [4.69, 9.17) is 9.72 Å². The van der Waals surface area contributed by atoms with Gasteiger partial charge in [-0.2, -0.15) is 0 Å². The number of hydrogen-bond donors (Lipinski definition) is 2. The molecule has 2 aromatic carbocycles. The average molecular weight is 500 g/mol. The summed E-state index contributed by atoms with van der Waals surface area (Å²) in [5, 5.41) is 3.88. The van der Waals surface area contributed by atoms with Gasteiger partial charge in [0.15, 0.2) is 10.9 Å². The number of ketones is 1. The van der Waals surface area contributed by atoms with E-state index < -0.39 is 5.92 Å². The molecule has 5 rings (SSSR count). The number of aromatic amines is 1. The van der Waals surface area contributed by atoms with E-state index in [9.17, 15) is 9.59 Å². The number of thioether (sulfide) groups is 1. The number of fused-ring (bicyclic) bond motifs is 1. The molecule has 7 heteroatoms. The molecule has 1 aromatic heterocycles. The Morgan fingerprint density at radius 3 is 2.72 bits per heavy atom. The van der Waals surface area contributed by atoms with Crippen molar-refractivity contribution in [2.24, 2.45) is 5.41 Å². The van der Waals surface area contributed by atoms with E-state index in [-0.39, 0.29) is 16.8 Å². The maximum atomic E-state index is 13.5. The van der Waals surface area contributed by atoms with Gasteiger partial charge in [-0.1, -0.05) is 74.1 Å². The Kier molecular flexibility index (Phi) is 6.58. The normalized spacial score (nSPS) is 18.2. The summed E-state index contributed by atoms with van der Waals surface area (Å²) in [5.74, 6) is 1.37. The summed E-state index contributed by atoms with van der Waals surface area (Å²) >= 11 is 1.41. The molecule has 184 valence electrons. The third kappa shape index (κ3) is 4.88. The van der Waals surface area contributed by atoms with E-state index in [1.807, 2.05) is 54.6 Å². The lowest BCUT2D eigenvalue weighted by molar-refractivity contribution is -0.118. The molecule has 2 heterocycles. The molecule has 1 aliphatic carbocycles. The number of anilines is 1. The van der Waals surface area contributed by atoms with Crippen LogP contribution >= 0.6 is 11.8 Å². The first-order chi connectivity index (χ1) is 17.3. The van der Waals surface area contributed by atoms with E-state index in [1.165, 1.54) is 11.8 Å². The molecule has 0 spiro atoms.